The van der Waals surface area contributed by atoms with E-state index in [1.54, 1.807) is 12.1 Å². The Hall–Kier alpha value is -3.55. The van der Waals surface area contributed by atoms with Crippen molar-refractivity contribution in [2.75, 3.05) is 6.61 Å². The summed E-state index contributed by atoms with van der Waals surface area (Å²) in [6.45, 7) is 5.87. The van der Waals surface area contributed by atoms with Gasteiger partial charge in [-0.2, -0.15) is 26.3 Å². The summed E-state index contributed by atoms with van der Waals surface area (Å²) < 4.78 is 114. The monoisotopic (exact) mass is 674 g/mol. The molecule has 1 aliphatic carbocycles. The summed E-state index contributed by atoms with van der Waals surface area (Å²) in [7, 11) is -4.12. The van der Waals surface area contributed by atoms with Crippen molar-refractivity contribution in [1.82, 2.24) is 10.0 Å². The first kappa shape index (κ1) is 35.3. The molecule has 1 saturated carbocycles. The highest BCUT2D eigenvalue weighted by Gasteiger charge is 2.60. The summed E-state index contributed by atoms with van der Waals surface area (Å²) in [6, 6.07) is 11.1. The van der Waals surface area contributed by atoms with Gasteiger partial charge in [0.1, 0.15) is 11.3 Å². The molecule has 2 N–H and O–H groups in total. The van der Waals surface area contributed by atoms with E-state index in [1.807, 2.05) is 30.8 Å². The lowest BCUT2D eigenvalue weighted by Gasteiger charge is -2.41. The standard InChI is InChI=1S/C32H36F6N2O5S/c1-29(2,3)21-9-7-20(8-10-21)25-19-30(32(36,37)38,39-27(41)26(25)28(42)40-46(43,44)24-15-16-24)22-11-13-23(14-12-22)45-18-6-4-5-17-31(33,34)35/h7-14,24H,4-6,15-19H2,1-3H3,(H,39,41)(H,40,42)/t30-/m0/s1. The summed E-state index contributed by atoms with van der Waals surface area (Å²) in [5.74, 6) is -2.52. The molecule has 0 radical (unpaired) electrons. The Labute approximate surface area is 263 Å². The molecule has 14 heteroatoms. The number of carbonyl (C=O) groups excluding carboxylic acids is 2. The largest absolute Gasteiger partial charge is 0.494 e. The molecule has 46 heavy (non-hydrogen) atoms. The number of hydrogen-bond acceptors (Lipinski definition) is 5. The van der Waals surface area contributed by atoms with Gasteiger partial charge >= 0.3 is 12.4 Å². The van der Waals surface area contributed by atoms with Crippen molar-refractivity contribution in [3.05, 3.63) is 70.8 Å². The third kappa shape index (κ3) is 8.23. The summed E-state index contributed by atoms with van der Waals surface area (Å²) >= 11 is 0. The molecular formula is C32H36F6N2O5S. The first-order chi connectivity index (χ1) is 21.2. The van der Waals surface area contributed by atoms with Crippen LogP contribution in [0.1, 0.15) is 82.4 Å². The lowest BCUT2D eigenvalue weighted by molar-refractivity contribution is -0.201. The Bertz CT molecular complexity index is 1570. The Morgan fingerprint density at radius 3 is 2.07 bits per heavy atom. The van der Waals surface area contributed by atoms with E-state index in [0.717, 1.165) is 17.7 Å². The number of rotatable bonds is 11. The van der Waals surface area contributed by atoms with E-state index in [0.29, 0.717) is 19.3 Å². The Kier molecular flexibility index (Phi) is 9.92. The van der Waals surface area contributed by atoms with Crippen molar-refractivity contribution >= 4 is 27.4 Å². The van der Waals surface area contributed by atoms with Gasteiger partial charge in [0.25, 0.3) is 11.8 Å². The van der Waals surface area contributed by atoms with E-state index in [4.69, 9.17) is 4.74 Å². The van der Waals surface area contributed by atoms with E-state index >= 15 is 13.2 Å². The number of carbonyl (C=O) groups is 2. The molecule has 1 atom stereocenters. The number of unbranched alkanes of at least 4 members (excludes halogenated alkanes) is 2. The molecular weight excluding hydrogens is 638 g/mol. The fourth-order valence-corrected chi connectivity index (χ4v) is 6.51. The zero-order valence-corrected chi connectivity index (χ0v) is 26.4. The smallest absolute Gasteiger partial charge is 0.416 e. The summed E-state index contributed by atoms with van der Waals surface area (Å²) in [4.78, 5) is 26.8. The average Bonchev–Trinajstić information content (AvgIpc) is 3.79. The predicted octanol–water partition coefficient (Wildman–Crippen LogP) is 6.83. The van der Waals surface area contributed by atoms with E-state index in [-0.39, 0.29) is 47.3 Å². The third-order valence-electron chi connectivity index (χ3n) is 8.03. The Balaban J connectivity index is 1.67. The van der Waals surface area contributed by atoms with E-state index in [2.05, 4.69) is 0 Å². The molecule has 0 spiro atoms. The zero-order valence-electron chi connectivity index (χ0n) is 25.6. The van der Waals surface area contributed by atoms with Crippen LogP contribution in [0.2, 0.25) is 0 Å². The first-order valence-electron chi connectivity index (χ1n) is 14.8. The quantitative estimate of drug-likeness (QED) is 0.155. The number of amides is 2. The van der Waals surface area contributed by atoms with Crippen LogP contribution in [0.15, 0.2) is 54.1 Å². The van der Waals surface area contributed by atoms with Gasteiger partial charge in [0, 0.05) is 12.8 Å². The van der Waals surface area contributed by atoms with Crippen molar-refractivity contribution in [3.8, 4) is 5.75 Å². The maximum Gasteiger partial charge on any atom is 0.416 e. The molecule has 7 nitrogen and oxygen atoms in total. The van der Waals surface area contributed by atoms with Crippen molar-refractivity contribution in [2.45, 2.75) is 94.3 Å². The predicted molar refractivity (Wildman–Crippen MR) is 159 cm³/mol. The van der Waals surface area contributed by atoms with Crippen LogP contribution in [-0.4, -0.2) is 44.4 Å². The van der Waals surface area contributed by atoms with E-state index in [9.17, 15) is 31.2 Å². The molecule has 0 unspecified atom stereocenters. The second-order valence-electron chi connectivity index (χ2n) is 12.7. The summed E-state index contributed by atoms with van der Waals surface area (Å²) in [6.07, 6.45) is -10.00. The summed E-state index contributed by atoms with van der Waals surface area (Å²) in [5, 5.41) is 1.16. The molecule has 0 bridgehead atoms. The molecule has 2 amide bonds. The van der Waals surface area contributed by atoms with Gasteiger partial charge in [-0.3, -0.25) is 9.59 Å². The van der Waals surface area contributed by atoms with Gasteiger partial charge in [-0.1, -0.05) is 57.2 Å². The number of hydrogen-bond donors (Lipinski definition) is 2. The SMILES string of the molecule is CC(C)(C)c1ccc(C2=C(C(=O)NS(=O)(=O)C3CC3)C(=O)N[C@@](c3ccc(OCCCCCC(F)(F)F)cc3)(C(F)(F)F)C2)cc1. The Morgan fingerprint density at radius 1 is 0.935 bits per heavy atom. The second-order valence-corrected chi connectivity index (χ2v) is 14.6. The van der Waals surface area contributed by atoms with Gasteiger partial charge in [0.15, 0.2) is 5.54 Å². The minimum absolute atomic E-state index is 0.0536. The second kappa shape index (κ2) is 12.9. The van der Waals surface area contributed by atoms with E-state index < -0.39 is 63.4 Å². The van der Waals surface area contributed by atoms with Gasteiger partial charge < -0.3 is 10.1 Å². The number of halogens is 6. The topological polar surface area (TPSA) is 102 Å². The van der Waals surface area contributed by atoms with Gasteiger partial charge in [-0.15, -0.1) is 0 Å². The van der Waals surface area contributed by atoms with Crippen LogP contribution in [0.3, 0.4) is 0 Å². The van der Waals surface area contributed by atoms with Crippen molar-refractivity contribution in [1.29, 1.82) is 0 Å². The average molecular weight is 675 g/mol. The van der Waals surface area contributed by atoms with E-state index in [1.165, 1.54) is 24.3 Å². The summed E-state index contributed by atoms with van der Waals surface area (Å²) in [5.41, 5.74) is -3.66. The van der Waals surface area contributed by atoms with Gasteiger partial charge in [0.05, 0.1) is 11.9 Å². The van der Waals surface area contributed by atoms with Crippen LogP contribution in [0.4, 0.5) is 26.3 Å². The first-order valence-corrected chi connectivity index (χ1v) is 16.4. The number of nitrogens with one attached hydrogen (secondary N) is 2. The molecule has 2 aromatic rings. The van der Waals surface area contributed by atoms with Crippen LogP contribution in [0.5, 0.6) is 5.75 Å². The molecule has 1 fully saturated rings. The fraction of sp³-hybridized carbons (Fsp3) is 0.500. The fourth-order valence-electron chi connectivity index (χ4n) is 5.23. The van der Waals surface area contributed by atoms with Gasteiger partial charge in [-0.25, -0.2) is 13.1 Å². The lowest BCUT2D eigenvalue weighted by atomic mass is 9.76. The molecule has 1 heterocycles. The van der Waals surface area contributed by atoms with Crippen LogP contribution in [0.25, 0.3) is 5.57 Å². The highest BCUT2D eigenvalue weighted by Crippen LogP contribution is 2.49. The molecule has 252 valence electrons. The minimum Gasteiger partial charge on any atom is -0.494 e. The molecule has 4 rings (SSSR count). The third-order valence-corrected chi connectivity index (χ3v) is 9.85. The van der Waals surface area contributed by atoms with Crippen molar-refractivity contribution in [2.24, 2.45) is 0 Å². The number of benzene rings is 2. The van der Waals surface area contributed by atoms with Gasteiger partial charge in [0.2, 0.25) is 10.0 Å². The van der Waals surface area contributed by atoms with Crippen LogP contribution >= 0.6 is 0 Å². The zero-order chi connectivity index (χ0) is 34.1. The molecule has 0 aromatic heterocycles. The Morgan fingerprint density at radius 2 is 1.54 bits per heavy atom. The molecule has 2 aliphatic rings. The maximum atomic E-state index is 15.0. The number of ether oxygens (including phenoxy) is 1. The molecule has 1 aliphatic heterocycles. The highest BCUT2D eigenvalue weighted by molar-refractivity contribution is 7.91. The van der Waals surface area contributed by atoms with Crippen molar-refractivity contribution in [3.63, 3.8) is 0 Å². The number of sulfonamides is 1. The molecule has 2 aromatic carbocycles. The van der Waals surface area contributed by atoms with Crippen LogP contribution in [-0.2, 0) is 30.6 Å². The maximum absolute atomic E-state index is 15.0. The van der Waals surface area contributed by atoms with Crippen LogP contribution in [0, 0.1) is 0 Å². The van der Waals surface area contributed by atoms with Gasteiger partial charge in [-0.05, 0) is 71.9 Å². The minimum atomic E-state index is -5.07. The lowest BCUT2D eigenvalue weighted by Crippen LogP contribution is -2.60. The number of alkyl halides is 6. The van der Waals surface area contributed by atoms with Crippen molar-refractivity contribution < 1.29 is 49.1 Å². The van der Waals surface area contributed by atoms with Crippen LogP contribution < -0.4 is 14.8 Å². The highest BCUT2D eigenvalue weighted by atomic mass is 32.2. The normalized spacial score (nSPS) is 19.5. The molecule has 0 saturated heterocycles.